The lowest BCUT2D eigenvalue weighted by Gasteiger charge is -2.21. The van der Waals surface area contributed by atoms with E-state index in [1.54, 1.807) is 0 Å². The Morgan fingerprint density at radius 1 is 1.83 bits per heavy atom. The molecule has 0 saturated carbocycles. The van der Waals surface area contributed by atoms with E-state index >= 15 is 0 Å². The smallest absolute Gasteiger partial charge is 0.314 e. The van der Waals surface area contributed by atoms with Gasteiger partial charge in [0.15, 0.2) is 0 Å². The van der Waals surface area contributed by atoms with E-state index in [1.165, 1.54) is 7.11 Å². The van der Waals surface area contributed by atoms with E-state index < -0.39 is 5.41 Å². The summed E-state index contributed by atoms with van der Waals surface area (Å²) in [6.07, 6.45) is 6.45. The normalized spacial score (nSPS) is 28.0. The average Bonchev–Trinajstić information content (AvgIpc) is 2.53. The standard InChI is InChI=1S/C9H13NO2/c1-3-4-9(8(11)12-2)5-6-10-7-9/h1,10H,4-7H2,2H3. The fourth-order valence-electron chi connectivity index (χ4n) is 1.55. The van der Waals surface area contributed by atoms with Gasteiger partial charge in [-0.15, -0.1) is 12.3 Å². The number of esters is 1. The van der Waals surface area contributed by atoms with Crippen molar-refractivity contribution in [3.63, 3.8) is 0 Å². The van der Waals surface area contributed by atoms with Gasteiger partial charge in [-0.2, -0.15) is 0 Å². The monoisotopic (exact) mass is 167 g/mol. The van der Waals surface area contributed by atoms with E-state index in [0.717, 1.165) is 13.0 Å². The molecule has 66 valence electrons. The molecule has 1 saturated heterocycles. The molecular formula is C9H13NO2. The number of hydrogen-bond acceptors (Lipinski definition) is 3. The topological polar surface area (TPSA) is 38.3 Å². The van der Waals surface area contributed by atoms with Crippen molar-refractivity contribution in [2.75, 3.05) is 20.2 Å². The minimum absolute atomic E-state index is 0.189. The van der Waals surface area contributed by atoms with Crippen LogP contribution in [0.2, 0.25) is 0 Å². The Kier molecular flexibility index (Phi) is 2.72. The largest absolute Gasteiger partial charge is 0.469 e. The molecule has 0 spiro atoms. The summed E-state index contributed by atoms with van der Waals surface area (Å²) in [4.78, 5) is 11.4. The maximum atomic E-state index is 11.4. The van der Waals surface area contributed by atoms with Gasteiger partial charge in [0, 0.05) is 13.0 Å². The van der Waals surface area contributed by atoms with Crippen LogP contribution in [0.3, 0.4) is 0 Å². The van der Waals surface area contributed by atoms with E-state index in [1.807, 2.05) is 0 Å². The Morgan fingerprint density at radius 2 is 2.58 bits per heavy atom. The maximum Gasteiger partial charge on any atom is 0.314 e. The quantitative estimate of drug-likeness (QED) is 0.470. The average molecular weight is 167 g/mol. The van der Waals surface area contributed by atoms with Gasteiger partial charge >= 0.3 is 5.97 Å². The molecule has 1 heterocycles. The number of hydrogen-bond donors (Lipinski definition) is 1. The van der Waals surface area contributed by atoms with E-state index in [0.29, 0.717) is 13.0 Å². The van der Waals surface area contributed by atoms with Gasteiger partial charge in [-0.05, 0) is 13.0 Å². The lowest BCUT2D eigenvalue weighted by Crippen LogP contribution is -2.34. The van der Waals surface area contributed by atoms with Crippen molar-refractivity contribution in [2.45, 2.75) is 12.8 Å². The van der Waals surface area contributed by atoms with Crippen LogP contribution in [0.15, 0.2) is 0 Å². The van der Waals surface area contributed by atoms with Gasteiger partial charge in [0.1, 0.15) is 0 Å². The van der Waals surface area contributed by atoms with Crippen LogP contribution in [0.4, 0.5) is 0 Å². The van der Waals surface area contributed by atoms with Gasteiger partial charge in [-0.3, -0.25) is 4.79 Å². The van der Waals surface area contributed by atoms with Crippen molar-refractivity contribution in [1.82, 2.24) is 5.32 Å². The Morgan fingerprint density at radius 3 is 3.00 bits per heavy atom. The molecule has 1 rings (SSSR count). The minimum Gasteiger partial charge on any atom is -0.469 e. The van der Waals surface area contributed by atoms with Crippen LogP contribution in [0.1, 0.15) is 12.8 Å². The molecule has 12 heavy (non-hydrogen) atoms. The fourth-order valence-corrected chi connectivity index (χ4v) is 1.55. The third-order valence-corrected chi connectivity index (χ3v) is 2.30. The molecule has 0 amide bonds. The van der Waals surface area contributed by atoms with Crippen molar-refractivity contribution < 1.29 is 9.53 Å². The number of rotatable bonds is 2. The molecule has 1 fully saturated rings. The predicted molar refractivity (Wildman–Crippen MR) is 45.4 cm³/mol. The highest BCUT2D eigenvalue weighted by Gasteiger charge is 2.41. The molecule has 3 nitrogen and oxygen atoms in total. The zero-order valence-corrected chi connectivity index (χ0v) is 7.22. The van der Waals surface area contributed by atoms with Crippen LogP contribution in [-0.2, 0) is 9.53 Å². The lowest BCUT2D eigenvalue weighted by atomic mass is 9.84. The zero-order chi connectivity index (χ0) is 9.03. The van der Waals surface area contributed by atoms with Gasteiger partial charge in [0.2, 0.25) is 0 Å². The van der Waals surface area contributed by atoms with Crippen molar-refractivity contribution in [3.05, 3.63) is 0 Å². The van der Waals surface area contributed by atoms with Crippen molar-refractivity contribution in [2.24, 2.45) is 5.41 Å². The molecule has 1 unspecified atom stereocenters. The van der Waals surface area contributed by atoms with Crippen molar-refractivity contribution in [3.8, 4) is 12.3 Å². The van der Waals surface area contributed by atoms with E-state index in [9.17, 15) is 4.79 Å². The molecule has 3 heteroatoms. The highest BCUT2D eigenvalue weighted by atomic mass is 16.5. The summed E-state index contributed by atoms with van der Waals surface area (Å²) < 4.78 is 4.72. The molecule has 0 aliphatic carbocycles. The minimum atomic E-state index is -0.455. The molecule has 1 N–H and O–H groups in total. The lowest BCUT2D eigenvalue weighted by molar-refractivity contribution is -0.151. The summed E-state index contributed by atoms with van der Waals surface area (Å²) in [6.45, 7) is 1.49. The summed E-state index contributed by atoms with van der Waals surface area (Å²) in [7, 11) is 1.40. The first-order valence-electron chi connectivity index (χ1n) is 3.98. The summed E-state index contributed by atoms with van der Waals surface area (Å²) >= 11 is 0. The van der Waals surface area contributed by atoms with Crippen molar-refractivity contribution in [1.29, 1.82) is 0 Å². The Hall–Kier alpha value is -1.01. The number of nitrogens with one attached hydrogen (secondary N) is 1. The highest BCUT2D eigenvalue weighted by Crippen LogP contribution is 2.30. The molecular weight excluding hydrogens is 154 g/mol. The number of carbonyl (C=O) groups is 1. The summed E-state index contributed by atoms with van der Waals surface area (Å²) in [5.41, 5.74) is -0.455. The second kappa shape index (κ2) is 3.59. The van der Waals surface area contributed by atoms with Gasteiger partial charge in [-0.1, -0.05) is 0 Å². The van der Waals surface area contributed by atoms with E-state index in [-0.39, 0.29) is 5.97 Å². The zero-order valence-electron chi connectivity index (χ0n) is 7.22. The molecule has 1 aliphatic heterocycles. The van der Waals surface area contributed by atoms with Crippen LogP contribution in [0.5, 0.6) is 0 Å². The third kappa shape index (κ3) is 1.44. The van der Waals surface area contributed by atoms with Gasteiger partial charge in [-0.25, -0.2) is 0 Å². The fraction of sp³-hybridized carbons (Fsp3) is 0.667. The second-order valence-corrected chi connectivity index (χ2v) is 3.08. The molecule has 0 bridgehead atoms. The van der Waals surface area contributed by atoms with E-state index in [4.69, 9.17) is 11.2 Å². The molecule has 0 aromatic rings. The first kappa shape index (κ1) is 9.08. The molecule has 0 aromatic carbocycles. The Balaban J connectivity index is 2.72. The molecule has 1 aliphatic rings. The van der Waals surface area contributed by atoms with Crippen LogP contribution in [0, 0.1) is 17.8 Å². The Bertz CT molecular complexity index is 211. The first-order valence-corrected chi connectivity index (χ1v) is 3.98. The number of terminal acetylenes is 1. The molecule has 0 aromatic heterocycles. The van der Waals surface area contributed by atoms with Gasteiger partial charge in [0.25, 0.3) is 0 Å². The van der Waals surface area contributed by atoms with Crippen molar-refractivity contribution >= 4 is 5.97 Å². The molecule has 0 radical (unpaired) electrons. The van der Waals surface area contributed by atoms with Gasteiger partial charge < -0.3 is 10.1 Å². The molecule has 1 atom stereocenters. The van der Waals surface area contributed by atoms with Gasteiger partial charge in [0.05, 0.1) is 12.5 Å². The Labute approximate surface area is 72.5 Å². The first-order chi connectivity index (χ1) is 5.75. The second-order valence-electron chi connectivity index (χ2n) is 3.08. The maximum absolute atomic E-state index is 11.4. The summed E-state index contributed by atoms with van der Waals surface area (Å²) in [6, 6.07) is 0. The van der Waals surface area contributed by atoms with Crippen LogP contribution >= 0.6 is 0 Å². The van der Waals surface area contributed by atoms with Crippen LogP contribution < -0.4 is 5.32 Å². The highest BCUT2D eigenvalue weighted by molar-refractivity contribution is 5.77. The third-order valence-electron chi connectivity index (χ3n) is 2.30. The summed E-state index contributed by atoms with van der Waals surface area (Å²) in [5.74, 6) is 2.34. The van der Waals surface area contributed by atoms with E-state index in [2.05, 4.69) is 11.2 Å². The predicted octanol–water partition coefficient (Wildman–Crippen LogP) is 0.162. The number of carbonyl (C=O) groups excluding carboxylic acids is 1. The number of methoxy groups -OCH3 is 1. The van der Waals surface area contributed by atoms with Crippen LogP contribution in [0.25, 0.3) is 0 Å². The SMILES string of the molecule is C#CCC1(C(=O)OC)CCNC1. The number of ether oxygens (including phenoxy) is 1. The summed E-state index contributed by atoms with van der Waals surface area (Å²) in [5, 5.41) is 3.12. The van der Waals surface area contributed by atoms with Crippen LogP contribution in [-0.4, -0.2) is 26.2 Å².